The maximum atomic E-state index is 10.4. The van der Waals surface area contributed by atoms with Crippen molar-refractivity contribution in [2.45, 2.75) is 12.5 Å². The first-order valence-corrected chi connectivity index (χ1v) is 6.02. The van der Waals surface area contributed by atoms with Gasteiger partial charge in [0.2, 0.25) is 0 Å². The number of methoxy groups -OCH3 is 2. The minimum atomic E-state index is -0.699. The van der Waals surface area contributed by atoms with Gasteiger partial charge < -0.3 is 14.6 Å². The first-order chi connectivity index (χ1) is 9.15. The third-order valence-corrected chi connectivity index (χ3v) is 2.99. The largest absolute Gasteiger partial charge is 0.496 e. The summed E-state index contributed by atoms with van der Waals surface area (Å²) in [7, 11) is 5.00. The van der Waals surface area contributed by atoms with Gasteiger partial charge in [0.05, 0.1) is 32.1 Å². The van der Waals surface area contributed by atoms with E-state index in [2.05, 4.69) is 5.10 Å². The van der Waals surface area contributed by atoms with Crippen molar-refractivity contribution in [3.63, 3.8) is 0 Å². The Labute approximate surface area is 112 Å². The molecule has 2 rings (SSSR count). The van der Waals surface area contributed by atoms with Crippen LogP contribution < -0.4 is 9.47 Å². The second-order valence-corrected chi connectivity index (χ2v) is 4.32. The Balaban J connectivity index is 2.29. The lowest BCUT2D eigenvalue weighted by Gasteiger charge is -2.17. The summed E-state index contributed by atoms with van der Waals surface area (Å²) >= 11 is 0. The molecule has 0 spiro atoms. The third-order valence-electron chi connectivity index (χ3n) is 2.99. The number of benzene rings is 1. The molecule has 1 heterocycles. The lowest BCUT2D eigenvalue weighted by molar-refractivity contribution is 0.169. The maximum Gasteiger partial charge on any atom is 0.128 e. The van der Waals surface area contributed by atoms with Gasteiger partial charge in [0.1, 0.15) is 11.5 Å². The average molecular weight is 262 g/mol. The number of hydrogen-bond acceptors (Lipinski definition) is 4. The Hall–Kier alpha value is -2.01. The Morgan fingerprint density at radius 2 is 1.89 bits per heavy atom. The van der Waals surface area contributed by atoms with E-state index in [1.54, 1.807) is 25.1 Å². The van der Waals surface area contributed by atoms with Gasteiger partial charge >= 0.3 is 0 Å². The number of nitrogens with zero attached hydrogens (tertiary/aromatic N) is 2. The molecule has 5 heteroatoms. The van der Waals surface area contributed by atoms with E-state index in [1.807, 2.05) is 31.4 Å². The fourth-order valence-electron chi connectivity index (χ4n) is 2.11. The van der Waals surface area contributed by atoms with E-state index in [4.69, 9.17) is 9.47 Å². The van der Waals surface area contributed by atoms with E-state index < -0.39 is 6.10 Å². The van der Waals surface area contributed by atoms with Gasteiger partial charge in [-0.25, -0.2) is 0 Å². The van der Waals surface area contributed by atoms with E-state index in [0.717, 1.165) is 5.56 Å². The molecule has 0 radical (unpaired) electrons. The summed E-state index contributed by atoms with van der Waals surface area (Å²) < 4.78 is 12.3. The second-order valence-electron chi connectivity index (χ2n) is 4.32. The van der Waals surface area contributed by atoms with Crippen molar-refractivity contribution in [2.75, 3.05) is 14.2 Å². The van der Waals surface area contributed by atoms with Gasteiger partial charge in [-0.15, -0.1) is 0 Å². The summed E-state index contributed by atoms with van der Waals surface area (Å²) in [6, 6.07) is 5.45. The molecule has 1 aromatic carbocycles. The molecule has 0 aliphatic rings. The molecular formula is C14H18N2O3. The zero-order valence-electron chi connectivity index (χ0n) is 11.3. The Bertz CT molecular complexity index is 529. The lowest BCUT2D eigenvalue weighted by Crippen LogP contribution is -2.06. The lowest BCUT2D eigenvalue weighted by atomic mass is 10.0. The summed E-state index contributed by atoms with van der Waals surface area (Å²) in [6.45, 7) is 0. The number of aromatic nitrogens is 2. The summed E-state index contributed by atoms with van der Waals surface area (Å²) in [4.78, 5) is 0. The fourth-order valence-corrected chi connectivity index (χ4v) is 2.11. The molecule has 2 aromatic rings. The van der Waals surface area contributed by atoms with Crippen LogP contribution in [0, 0.1) is 0 Å². The zero-order chi connectivity index (χ0) is 13.8. The standard InChI is InChI=1S/C14H18N2O3/c1-16-9-10(8-15-16)7-11(17)14-12(18-2)5-4-6-13(14)19-3/h4-6,8-9,11,17H,7H2,1-3H3. The Kier molecular flexibility index (Phi) is 4.06. The highest BCUT2D eigenvalue weighted by Crippen LogP contribution is 2.35. The van der Waals surface area contributed by atoms with Crippen LogP contribution in [0.4, 0.5) is 0 Å². The van der Waals surface area contributed by atoms with Crippen LogP contribution >= 0.6 is 0 Å². The molecule has 1 unspecified atom stereocenters. The highest BCUT2D eigenvalue weighted by molar-refractivity contribution is 5.46. The van der Waals surface area contributed by atoms with Crippen molar-refractivity contribution in [2.24, 2.45) is 7.05 Å². The number of rotatable bonds is 5. The van der Waals surface area contributed by atoms with Crippen LogP contribution in [0.25, 0.3) is 0 Å². The van der Waals surface area contributed by atoms with Crippen LogP contribution in [0.2, 0.25) is 0 Å². The number of aryl methyl sites for hydroxylation is 1. The second kappa shape index (κ2) is 5.75. The Morgan fingerprint density at radius 3 is 2.37 bits per heavy atom. The van der Waals surface area contributed by atoms with Crippen molar-refractivity contribution in [1.29, 1.82) is 0 Å². The van der Waals surface area contributed by atoms with Crippen LogP contribution in [0.3, 0.4) is 0 Å². The molecule has 19 heavy (non-hydrogen) atoms. The van der Waals surface area contributed by atoms with Crippen molar-refractivity contribution in [3.05, 3.63) is 41.7 Å². The van der Waals surface area contributed by atoms with Gasteiger partial charge in [-0.3, -0.25) is 4.68 Å². The smallest absolute Gasteiger partial charge is 0.128 e. The highest BCUT2D eigenvalue weighted by atomic mass is 16.5. The van der Waals surface area contributed by atoms with Crippen molar-refractivity contribution in [1.82, 2.24) is 9.78 Å². The van der Waals surface area contributed by atoms with Crippen LogP contribution in [0.5, 0.6) is 11.5 Å². The zero-order valence-corrected chi connectivity index (χ0v) is 11.3. The van der Waals surface area contributed by atoms with Gasteiger partial charge in [0.25, 0.3) is 0 Å². The van der Waals surface area contributed by atoms with E-state index in [0.29, 0.717) is 23.5 Å². The molecule has 0 fully saturated rings. The van der Waals surface area contributed by atoms with Gasteiger partial charge in [-0.05, 0) is 17.7 Å². The van der Waals surface area contributed by atoms with Gasteiger partial charge in [-0.2, -0.15) is 5.10 Å². The van der Waals surface area contributed by atoms with Crippen LogP contribution in [0.1, 0.15) is 17.2 Å². The van der Waals surface area contributed by atoms with Crippen LogP contribution in [-0.4, -0.2) is 29.1 Å². The van der Waals surface area contributed by atoms with Crippen molar-refractivity contribution in [3.8, 4) is 11.5 Å². The molecule has 0 bridgehead atoms. The molecule has 0 saturated heterocycles. The van der Waals surface area contributed by atoms with Gasteiger partial charge in [0, 0.05) is 19.7 Å². The molecule has 102 valence electrons. The van der Waals surface area contributed by atoms with E-state index in [9.17, 15) is 5.11 Å². The molecule has 0 aliphatic heterocycles. The van der Waals surface area contributed by atoms with Crippen LogP contribution in [0.15, 0.2) is 30.6 Å². The van der Waals surface area contributed by atoms with Gasteiger partial charge in [0.15, 0.2) is 0 Å². The quantitative estimate of drug-likeness (QED) is 0.891. The number of hydrogen-bond donors (Lipinski definition) is 1. The van der Waals surface area contributed by atoms with E-state index >= 15 is 0 Å². The third kappa shape index (κ3) is 2.88. The van der Waals surface area contributed by atoms with Crippen molar-refractivity contribution >= 4 is 0 Å². The molecule has 5 nitrogen and oxygen atoms in total. The monoisotopic (exact) mass is 262 g/mol. The summed E-state index contributed by atoms with van der Waals surface area (Å²) in [5.74, 6) is 1.24. The number of aliphatic hydroxyl groups excluding tert-OH is 1. The molecule has 1 N–H and O–H groups in total. The predicted molar refractivity (Wildman–Crippen MR) is 71.4 cm³/mol. The SMILES string of the molecule is COc1cccc(OC)c1C(O)Cc1cnn(C)c1. The molecule has 0 amide bonds. The minimum absolute atomic E-state index is 0.463. The summed E-state index contributed by atoms with van der Waals surface area (Å²) in [5.41, 5.74) is 1.62. The molecule has 0 aliphatic carbocycles. The topological polar surface area (TPSA) is 56.5 Å². The van der Waals surface area contributed by atoms with Crippen LogP contribution in [-0.2, 0) is 13.5 Å². The maximum absolute atomic E-state index is 10.4. The van der Waals surface area contributed by atoms with Crippen molar-refractivity contribution < 1.29 is 14.6 Å². The summed E-state index contributed by atoms with van der Waals surface area (Å²) in [6.07, 6.45) is 3.39. The van der Waals surface area contributed by atoms with E-state index in [-0.39, 0.29) is 0 Å². The fraction of sp³-hybridized carbons (Fsp3) is 0.357. The minimum Gasteiger partial charge on any atom is -0.496 e. The number of aliphatic hydroxyl groups is 1. The Morgan fingerprint density at radius 1 is 1.26 bits per heavy atom. The van der Waals surface area contributed by atoms with Gasteiger partial charge in [-0.1, -0.05) is 6.07 Å². The summed E-state index contributed by atoms with van der Waals surface area (Å²) in [5, 5.41) is 14.5. The average Bonchev–Trinajstić information content (AvgIpc) is 2.82. The highest BCUT2D eigenvalue weighted by Gasteiger charge is 2.19. The first-order valence-electron chi connectivity index (χ1n) is 6.02. The predicted octanol–water partition coefficient (Wildman–Crippen LogP) is 1.71. The normalized spacial score (nSPS) is 12.2. The first kappa shape index (κ1) is 13.4. The molecular weight excluding hydrogens is 244 g/mol. The molecule has 1 atom stereocenters. The molecule has 1 aromatic heterocycles. The molecule has 0 saturated carbocycles. The van der Waals surface area contributed by atoms with E-state index in [1.165, 1.54) is 0 Å². The number of ether oxygens (including phenoxy) is 2.